The monoisotopic (exact) mass is 241 g/mol. The van der Waals surface area contributed by atoms with Gasteiger partial charge in [0.15, 0.2) is 5.78 Å². The van der Waals surface area contributed by atoms with E-state index in [4.69, 9.17) is 0 Å². The highest BCUT2D eigenvalue weighted by molar-refractivity contribution is 14.1. The summed E-state index contributed by atoms with van der Waals surface area (Å²) in [4.78, 5) is 20.6. The van der Waals surface area contributed by atoms with Crippen LogP contribution in [-0.4, -0.2) is 15.2 Å². The third-order valence-corrected chi connectivity index (χ3v) is 2.24. The van der Waals surface area contributed by atoms with Crippen molar-refractivity contribution in [1.29, 1.82) is 0 Å². The van der Waals surface area contributed by atoms with E-state index in [2.05, 4.69) is 0 Å². The highest BCUT2D eigenvalue weighted by atomic mass is 127. The average molecular weight is 241 g/mol. The molecule has 4 heteroatoms. The molecule has 52 valence electrons. The van der Waals surface area contributed by atoms with Gasteiger partial charge in [0.05, 0.1) is 5.97 Å². The lowest BCUT2D eigenvalue weighted by Gasteiger charge is -2.19. The molecule has 0 aromatic heterocycles. The van der Waals surface area contributed by atoms with Gasteiger partial charge < -0.3 is 9.90 Å². The maximum absolute atomic E-state index is 10.5. The highest BCUT2D eigenvalue weighted by Crippen LogP contribution is 2.17. The first-order chi connectivity index (χ1) is 3.89. The van der Waals surface area contributed by atoms with Gasteiger partial charge in [0, 0.05) is 0 Å². The van der Waals surface area contributed by atoms with E-state index in [-0.39, 0.29) is 0 Å². The van der Waals surface area contributed by atoms with Crippen molar-refractivity contribution in [2.45, 2.75) is 17.3 Å². The molecule has 3 nitrogen and oxygen atoms in total. The number of ketones is 1. The molecule has 0 rings (SSSR count). The maximum atomic E-state index is 10.5. The minimum absolute atomic E-state index is 0.400. The number of carbonyl (C=O) groups excluding carboxylic acids is 2. The normalized spacial score (nSPS) is 16.3. The van der Waals surface area contributed by atoms with Crippen molar-refractivity contribution < 1.29 is 14.7 Å². The molecule has 1 unspecified atom stereocenters. The lowest BCUT2D eigenvalue weighted by atomic mass is 10.1. The molecule has 0 saturated carbocycles. The number of carboxylic acid groups (broad SMARTS) is 1. The Bertz CT molecular complexity index is 134. The number of hydrogen-bond donors (Lipinski definition) is 0. The molecule has 9 heavy (non-hydrogen) atoms. The minimum Gasteiger partial charge on any atom is -0.548 e. The summed E-state index contributed by atoms with van der Waals surface area (Å²) in [6.07, 6.45) is 0. The molecular formula is C5H6IO3-. The summed E-state index contributed by atoms with van der Waals surface area (Å²) in [5.74, 6) is -1.74. The van der Waals surface area contributed by atoms with E-state index in [9.17, 15) is 14.7 Å². The molecule has 0 radical (unpaired) electrons. The molecule has 0 bridgehead atoms. The van der Waals surface area contributed by atoms with Crippen LogP contribution in [0.1, 0.15) is 13.8 Å². The quantitative estimate of drug-likeness (QED) is 0.372. The number of rotatable bonds is 2. The van der Waals surface area contributed by atoms with Crippen LogP contribution in [-0.2, 0) is 9.59 Å². The second-order valence-corrected chi connectivity index (χ2v) is 4.00. The molecule has 0 aliphatic heterocycles. The molecule has 0 fully saturated rings. The van der Waals surface area contributed by atoms with Crippen LogP contribution in [0.5, 0.6) is 0 Å². The van der Waals surface area contributed by atoms with Gasteiger partial charge in [0.2, 0.25) is 0 Å². The molecule has 0 aromatic carbocycles. The zero-order valence-corrected chi connectivity index (χ0v) is 7.26. The van der Waals surface area contributed by atoms with E-state index in [1.807, 2.05) is 0 Å². The molecule has 0 heterocycles. The summed E-state index contributed by atoms with van der Waals surface area (Å²) < 4.78 is -1.36. The van der Waals surface area contributed by atoms with Crippen LogP contribution in [0.2, 0.25) is 0 Å². The number of Topliss-reactive ketones (excluding diaryl/α,β-unsaturated/α-hetero) is 1. The SMILES string of the molecule is CC(=O)C(C)(I)C(=O)[O-]. The summed E-state index contributed by atoms with van der Waals surface area (Å²) in [5.41, 5.74) is 0. The maximum Gasteiger partial charge on any atom is 0.151 e. The predicted molar refractivity (Wildman–Crippen MR) is 38.1 cm³/mol. The first-order valence-electron chi connectivity index (χ1n) is 2.30. The highest BCUT2D eigenvalue weighted by Gasteiger charge is 2.26. The first kappa shape index (κ1) is 8.87. The number of halogens is 1. The number of alkyl halides is 1. The van der Waals surface area contributed by atoms with Crippen LogP contribution < -0.4 is 5.11 Å². The van der Waals surface area contributed by atoms with Crippen LogP contribution in [0.25, 0.3) is 0 Å². The summed E-state index contributed by atoms with van der Waals surface area (Å²) in [7, 11) is 0. The zero-order valence-electron chi connectivity index (χ0n) is 5.10. The van der Waals surface area contributed by atoms with E-state index >= 15 is 0 Å². The van der Waals surface area contributed by atoms with Crippen LogP contribution in [0.4, 0.5) is 0 Å². The molecule has 0 saturated heterocycles. The number of carboxylic acids is 1. The average Bonchev–Trinajstić information content (AvgIpc) is 1.65. The standard InChI is InChI=1S/C5H7IO3/c1-3(7)5(2,6)4(8)9/h1-2H3,(H,8,9)/p-1. The lowest BCUT2D eigenvalue weighted by Crippen LogP contribution is -2.45. The van der Waals surface area contributed by atoms with Crippen LogP contribution in [0, 0.1) is 0 Å². The lowest BCUT2D eigenvalue weighted by molar-refractivity contribution is -0.306. The third kappa shape index (κ3) is 1.92. The number of aliphatic carboxylic acids is 1. The molecule has 0 N–H and O–H groups in total. The van der Waals surface area contributed by atoms with E-state index < -0.39 is 15.2 Å². The van der Waals surface area contributed by atoms with Gasteiger partial charge >= 0.3 is 0 Å². The van der Waals surface area contributed by atoms with E-state index in [0.29, 0.717) is 0 Å². The van der Waals surface area contributed by atoms with Crippen LogP contribution in [0.15, 0.2) is 0 Å². The van der Waals surface area contributed by atoms with Crippen molar-refractivity contribution in [3.05, 3.63) is 0 Å². The van der Waals surface area contributed by atoms with Gasteiger partial charge in [0.1, 0.15) is 3.42 Å². The largest absolute Gasteiger partial charge is 0.548 e. The summed E-state index contributed by atoms with van der Waals surface area (Å²) in [6.45, 7) is 2.54. The Hall–Kier alpha value is -0.130. The Kier molecular flexibility index (Phi) is 2.60. The van der Waals surface area contributed by atoms with E-state index in [0.717, 1.165) is 0 Å². The Balaban J connectivity index is 4.38. The second kappa shape index (κ2) is 2.64. The zero-order chi connectivity index (χ0) is 7.65. The number of hydrogen-bond acceptors (Lipinski definition) is 3. The Labute approximate surface area is 66.6 Å². The van der Waals surface area contributed by atoms with Gasteiger partial charge in [-0.1, -0.05) is 22.6 Å². The fraction of sp³-hybridized carbons (Fsp3) is 0.600. The van der Waals surface area contributed by atoms with Crippen molar-refractivity contribution in [3.63, 3.8) is 0 Å². The smallest absolute Gasteiger partial charge is 0.151 e. The van der Waals surface area contributed by atoms with E-state index in [1.54, 1.807) is 22.6 Å². The van der Waals surface area contributed by atoms with Gasteiger partial charge in [0.25, 0.3) is 0 Å². The van der Waals surface area contributed by atoms with Gasteiger partial charge in [-0.2, -0.15) is 0 Å². The van der Waals surface area contributed by atoms with Crippen molar-refractivity contribution in [3.8, 4) is 0 Å². The van der Waals surface area contributed by atoms with Crippen molar-refractivity contribution in [2.24, 2.45) is 0 Å². The fourth-order valence-corrected chi connectivity index (χ4v) is 0.144. The summed E-state index contributed by atoms with van der Waals surface area (Å²) in [6, 6.07) is 0. The molecule has 0 spiro atoms. The Morgan fingerprint density at radius 1 is 1.56 bits per heavy atom. The molecule has 0 aliphatic carbocycles. The van der Waals surface area contributed by atoms with Gasteiger partial charge in [-0.05, 0) is 13.8 Å². The van der Waals surface area contributed by atoms with Crippen LogP contribution in [0.3, 0.4) is 0 Å². The number of carbonyl (C=O) groups is 2. The van der Waals surface area contributed by atoms with Crippen molar-refractivity contribution in [2.75, 3.05) is 0 Å². The molecule has 0 amide bonds. The Morgan fingerprint density at radius 2 is 1.89 bits per heavy atom. The van der Waals surface area contributed by atoms with Crippen molar-refractivity contribution in [1.82, 2.24) is 0 Å². The molecule has 0 aliphatic rings. The van der Waals surface area contributed by atoms with E-state index in [1.165, 1.54) is 13.8 Å². The third-order valence-electron chi connectivity index (χ3n) is 1.04. The summed E-state index contributed by atoms with van der Waals surface area (Å²) >= 11 is 1.54. The van der Waals surface area contributed by atoms with Gasteiger partial charge in [-0.15, -0.1) is 0 Å². The molecular weight excluding hydrogens is 235 g/mol. The fourth-order valence-electron chi connectivity index (χ4n) is 0.144. The molecule has 0 aromatic rings. The van der Waals surface area contributed by atoms with Crippen molar-refractivity contribution >= 4 is 34.3 Å². The second-order valence-electron chi connectivity index (χ2n) is 1.85. The minimum atomic E-state index is -1.36. The topological polar surface area (TPSA) is 57.2 Å². The van der Waals surface area contributed by atoms with Crippen LogP contribution >= 0.6 is 22.6 Å². The van der Waals surface area contributed by atoms with Gasteiger partial charge in [-0.3, -0.25) is 4.79 Å². The summed E-state index contributed by atoms with van der Waals surface area (Å²) in [5, 5.41) is 10.1. The first-order valence-corrected chi connectivity index (χ1v) is 3.38. The Morgan fingerprint density at radius 3 is 1.89 bits per heavy atom. The van der Waals surface area contributed by atoms with Gasteiger partial charge in [-0.25, -0.2) is 0 Å². The molecule has 1 atom stereocenters. The predicted octanol–water partition coefficient (Wildman–Crippen LogP) is -0.481.